The maximum atomic E-state index is 3.72. The fraction of sp³-hybridized carbons (Fsp3) is 0.500. The van der Waals surface area contributed by atoms with E-state index in [0.29, 0.717) is 6.04 Å². The largest absolute Gasteiger partial charge is 0.357 e. The molecule has 2 heteroatoms. The van der Waals surface area contributed by atoms with Crippen molar-refractivity contribution in [3.8, 4) is 0 Å². The molecule has 0 bridgehead atoms. The van der Waals surface area contributed by atoms with Gasteiger partial charge >= 0.3 is 0 Å². The molecule has 1 unspecified atom stereocenters. The molecule has 1 aromatic heterocycles. The highest BCUT2D eigenvalue weighted by Crippen LogP contribution is 2.41. The SMILES string of the molecule is Cc1ccc2c3c([nH]c2c1)C(C1CCC1)NCC3. The van der Waals surface area contributed by atoms with Crippen molar-refractivity contribution in [2.75, 3.05) is 6.54 Å². The number of fused-ring (bicyclic) bond motifs is 3. The van der Waals surface area contributed by atoms with Crippen LogP contribution in [-0.2, 0) is 6.42 Å². The standard InChI is InChI=1S/C16H20N2/c1-10-5-6-12-13-7-8-17-15(11-3-2-4-11)16(13)18-14(12)9-10/h5-6,9,11,15,17-18H,2-4,7-8H2,1H3. The van der Waals surface area contributed by atoms with Crippen LogP contribution in [0.25, 0.3) is 10.9 Å². The van der Waals surface area contributed by atoms with E-state index < -0.39 is 0 Å². The van der Waals surface area contributed by atoms with Gasteiger partial charge in [-0.05, 0) is 55.8 Å². The van der Waals surface area contributed by atoms with Crippen molar-refractivity contribution in [1.29, 1.82) is 0 Å². The monoisotopic (exact) mass is 240 g/mol. The first-order valence-corrected chi connectivity index (χ1v) is 7.17. The summed E-state index contributed by atoms with van der Waals surface area (Å²) in [4.78, 5) is 3.69. The van der Waals surface area contributed by atoms with Gasteiger partial charge < -0.3 is 10.3 Å². The van der Waals surface area contributed by atoms with Crippen LogP contribution in [0, 0.1) is 12.8 Å². The van der Waals surface area contributed by atoms with Crippen LogP contribution < -0.4 is 5.32 Å². The minimum Gasteiger partial charge on any atom is -0.357 e. The zero-order chi connectivity index (χ0) is 12.1. The highest BCUT2D eigenvalue weighted by molar-refractivity contribution is 5.85. The summed E-state index contributed by atoms with van der Waals surface area (Å²) >= 11 is 0. The highest BCUT2D eigenvalue weighted by atomic mass is 15.0. The summed E-state index contributed by atoms with van der Waals surface area (Å²) in [6.45, 7) is 3.30. The molecule has 1 atom stereocenters. The minimum absolute atomic E-state index is 0.579. The second-order valence-electron chi connectivity index (χ2n) is 5.94. The van der Waals surface area contributed by atoms with Crippen molar-refractivity contribution >= 4 is 10.9 Å². The third-order valence-corrected chi connectivity index (χ3v) is 4.77. The first-order valence-electron chi connectivity index (χ1n) is 7.17. The van der Waals surface area contributed by atoms with E-state index in [1.807, 2.05) is 0 Å². The minimum atomic E-state index is 0.579. The maximum Gasteiger partial charge on any atom is 0.0504 e. The van der Waals surface area contributed by atoms with Crippen LogP contribution in [0.5, 0.6) is 0 Å². The molecule has 2 heterocycles. The Kier molecular flexibility index (Phi) is 2.28. The lowest BCUT2D eigenvalue weighted by Crippen LogP contribution is -2.37. The molecule has 0 saturated heterocycles. The molecule has 1 fully saturated rings. The van der Waals surface area contributed by atoms with E-state index in [2.05, 4.69) is 35.4 Å². The average molecular weight is 240 g/mol. The Hall–Kier alpha value is -1.28. The first kappa shape index (κ1) is 10.6. The molecule has 0 radical (unpaired) electrons. The van der Waals surface area contributed by atoms with E-state index in [4.69, 9.17) is 0 Å². The molecular weight excluding hydrogens is 220 g/mol. The van der Waals surface area contributed by atoms with Crippen LogP contribution in [0.3, 0.4) is 0 Å². The molecule has 18 heavy (non-hydrogen) atoms. The van der Waals surface area contributed by atoms with Crippen molar-refractivity contribution in [3.05, 3.63) is 35.0 Å². The molecule has 1 aliphatic carbocycles. The third-order valence-electron chi connectivity index (χ3n) is 4.77. The summed E-state index contributed by atoms with van der Waals surface area (Å²) in [7, 11) is 0. The number of benzene rings is 1. The predicted molar refractivity (Wildman–Crippen MR) is 74.8 cm³/mol. The Balaban J connectivity index is 1.86. The summed E-state index contributed by atoms with van der Waals surface area (Å²) in [5, 5.41) is 5.17. The fourth-order valence-corrected chi connectivity index (χ4v) is 3.56. The lowest BCUT2D eigenvalue weighted by molar-refractivity contribution is 0.222. The predicted octanol–water partition coefficient (Wildman–Crippen LogP) is 3.46. The van der Waals surface area contributed by atoms with Crippen molar-refractivity contribution in [2.24, 2.45) is 5.92 Å². The van der Waals surface area contributed by atoms with E-state index in [1.54, 1.807) is 5.56 Å². The number of aryl methyl sites for hydroxylation is 1. The smallest absolute Gasteiger partial charge is 0.0504 e. The molecule has 94 valence electrons. The number of hydrogen-bond acceptors (Lipinski definition) is 1. The maximum absolute atomic E-state index is 3.72. The van der Waals surface area contributed by atoms with E-state index in [0.717, 1.165) is 12.5 Å². The summed E-state index contributed by atoms with van der Waals surface area (Å²) in [5.41, 5.74) is 5.72. The van der Waals surface area contributed by atoms with Crippen LogP contribution in [0.2, 0.25) is 0 Å². The number of rotatable bonds is 1. The van der Waals surface area contributed by atoms with Gasteiger partial charge in [-0.25, -0.2) is 0 Å². The van der Waals surface area contributed by atoms with Gasteiger partial charge in [0.1, 0.15) is 0 Å². The average Bonchev–Trinajstić information content (AvgIpc) is 2.65. The zero-order valence-corrected chi connectivity index (χ0v) is 10.9. The molecule has 2 aromatic rings. The van der Waals surface area contributed by atoms with Crippen molar-refractivity contribution < 1.29 is 0 Å². The van der Waals surface area contributed by atoms with Gasteiger partial charge in [0.25, 0.3) is 0 Å². The number of nitrogens with one attached hydrogen (secondary N) is 2. The van der Waals surface area contributed by atoms with E-state index in [9.17, 15) is 0 Å². The van der Waals surface area contributed by atoms with E-state index in [1.165, 1.54) is 47.8 Å². The first-order chi connectivity index (χ1) is 8.83. The normalized spacial score (nSPS) is 23.9. The number of aromatic nitrogens is 1. The van der Waals surface area contributed by atoms with Gasteiger partial charge in [0.15, 0.2) is 0 Å². The topological polar surface area (TPSA) is 27.8 Å². The van der Waals surface area contributed by atoms with Crippen LogP contribution in [0.1, 0.15) is 42.1 Å². The number of hydrogen-bond donors (Lipinski definition) is 2. The van der Waals surface area contributed by atoms with Gasteiger partial charge in [0.05, 0.1) is 6.04 Å². The molecule has 1 saturated carbocycles. The second kappa shape index (κ2) is 3.86. The summed E-state index contributed by atoms with van der Waals surface area (Å²) in [5.74, 6) is 0.859. The Morgan fingerprint density at radius 1 is 1.22 bits per heavy atom. The highest BCUT2D eigenvalue weighted by Gasteiger charge is 2.33. The quantitative estimate of drug-likeness (QED) is 0.785. The summed E-state index contributed by atoms with van der Waals surface area (Å²) < 4.78 is 0. The zero-order valence-electron chi connectivity index (χ0n) is 10.9. The molecule has 1 aromatic carbocycles. The second-order valence-corrected chi connectivity index (χ2v) is 5.94. The van der Waals surface area contributed by atoms with Crippen LogP contribution in [-0.4, -0.2) is 11.5 Å². The number of H-pyrrole nitrogens is 1. The van der Waals surface area contributed by atoms with Gasteiger partial charge in [0.2, 0.25) is 0 Å². The van der Waals surface area contributed by atoms with Crippen molar-refractivity contribution in [2.45, 2.75) is 38.6 Å². The Morgan fingerprint density at radius 3 is 2.89 bits per heavy atom. The lowest BCUT2D eigenvalue weighted by atomic mass is 9.76. The molecule has 2 N–H and O–H groups in total. The van der Waals surface area contributed by atoms with Gasteiger partial charge in [-0.2, -0.15) is 0 Å². The number of aromatic amines is 1. The van der Waals surface area contributed by atoms with Crippen LogP contribution in [0.4, 0.5) is 0 Å². The Bertz CT molecular complexity index is 592. The van der Waals surface area contributed by atoms with E-state index in [-0.39, 0.29) is 0 Å². The van der Waals surface area contributed by atoms with Gasteiger partial charge in [-0.15, -0.1) is 0 Å². The van der Waals surface area contributed by atoms with Gasteiger partial charge in [-0.3, -0.25) is 0 Å². The summed E-state index contributed by atoms with van der Waals surface area (Å²) in [6.07, 6.45) is 5.37. The molecule has 1 aliphatic heterocycles. The molecule has 4 rings (SSSR count). The van der Waals surface area contributed by atoms with Crippen molar-refractivity contribution in [1.82, 2.24) is 10.3 Å². The lowest BCUT2D eigenvalue weighted by Gasteiger charge is -2.36. The molecule has 2 nitrogen and oxygen atoms in total. The van der Waals surface area contributed by atoms with E-state index >= 15 is 0 Å². The molecule has 0 spiro atoms. The Labute approximate surface area is 108 Å². The van der Waals surface area contributed by atoms with Gasteiger partial charge in [0, 0.05) is 16.6 Å². The summed E-state index contributed by atoms with van der Waals surface area (Å²) in [6, 6.07) is 7.39. The fourth-order valence-electron chi connectivity index (χ4n) is 3.56. The van der Waals surface area contributed by atoms with Crippen LogP contribution in [0.15, 0.2) is 18.2 Å². The van der Waals surface area contributed by atoms with Gasteiger partial charge in [-0.1, -0.05) is 18.6 Å². The molecular formula is C16H20N2. The Morgan fingerprint density at radius 2 is 2.11 bits per heavy atom. The molecule has 0 amide bonds. The van der Waals surface area contributed by atoms with Crippen molar-refractivity contribution in [3.63, 3.8) is 0 Å². The van der Waals surface area contributed by atoms with Crippen LogP contribution >= 0.6 is 0 Å². The third kappa shape index (κ3) is 1.45. The molecule has 2 aliphatic rings.